The van der Waals surface area contributed by atoms with E-state index < -0.39 is 0 Å². The highest BCUT2D eigenvalue weighted by Gasteiger charge is 2.31. The van der Waals surface area contributed by atoms with Gasteiger partial charge in [-0.2, -0.15) is 0 Å². The monoisotopic (exact) mass is 603 g/mol. The van der Waals surface area contributed by atoms with Crippen LogP contribution in [-0.4, -0.2) is 60.3 Å². The second-order valence-electron chi connectivity index (χ2n) is 14.8. The summed E-state index contributed by atoms with van der Waals surface area (Å²) in [4.78, 5) is 5.41. The van der Waals surface area contributed by atoms with Gasteiger partial charge in [0.2, 0.25) is 0 Å². The van der Waals surface area contributed by atoms with Gasteiger partial charge in [0.15, 0.2) is 0 Å². The van der Waals surface area contributed by atoms with Crippen molar-refractivity contribution in [1.29, 1.82) is 0 Å². The predicted molar refractivity (Wildman–Crippen MR) is 190 cm³/mol. The third-order valence-electron chi connectivity index (χ3n) is 10.1. The molecule has 1 rings (SSSR count). The number of benzene rings is 1. The maximum absolute atomic E-state index is 11.4. The molecule has 0 radical (unpaired) electrons. The van der Waals surface area contributed by atoms with Gasteiger partial charge in [-0.05, 0) is 114 Å². The van der Waals surface area contributed by atoms with Gasteiger partial charge < -0.3 is 19.6 Å². The maximum atomic E-state index is 11.4. The number of aromatic hydroxyl groups is 1. The van der Waals surface area contributed by atoms with Crippen LogP contribution in [0.4, 0.5) is 0 Å². The summed E-state index contributed by atoms with van der Waals surface area (Å²) in [7, 11) is 1.78. The molecule has 0 saturated heterocycles. The minimum atomic E-state index is -0.118. The van der Waals surface area contributed by atoms with Crippen LogP contribution < -0.4 is 4.74 Å². The molecule has 1 aromatic rings. The zero-order valence-corrected chi connectivity index (χ0v) is 30.8. The van der Waals surface area contributed by atoms with E-state index in [1.54, 1.807) is 7.11 Å². The highest BCUT2D eigenvalue weighted by Crippen LogP contribution is 2.44. The Morgan fingerprint density at radius 3 is 1.35 bits per heavy atom. The molecular formula is C39H74N2O2. The van der Waals surface area contributed by atoms with E-state index in [9.17, 15) is 5.11 Å². The van der Waals surface area contributed by atoms with Gasteiger partial charge >= 0.3 is 0 Å². The zero-order valence-electron chi connectivity index (χ0n) is 30.8. The Hall–Kier alpha value is -1.26. The summed E-state index contributed by atoms with van der Waals surface area (Å²) >= 11 is 0. The van der Waals surface area contributed by atoms with E-state index in [1.165, 1.54) is 96.8 Å². The SMILES string of the molecule is CCCCN(CCCC)C(C)CCCC(C)(C)c1cc(OC)c(C(C)(C)CCCC(C)N(CCCC)CCCC)cc1O. The molecule has 0 aliphatic carbocycles. The summed E-state index contributed by atoms with van der Waals surface area (Å²) in [6.07, 6.45) is 17.0. The summed E-state index contributed by atoms with van der Waals surface area (Å²) in [5.41, 5.74) is 1.96. The lowest BCUT2D eigenvalue weighted by molar-refractivity contribution is 0.188. The molecule has 0 bridgehead atoms. The molecule has 43 heavy (non-hydrogen) atoms. The van der Waals surface area contributed by atoms with Gasteiger partial charge in [-0.1, -0.05) is 93.9 Å². The Morgan fingerprint density at radius 2 is 1.00 bits per heavy atom. The molecule has 0 spiro atoms. The minimum absolute atomic E-state index is 0.0707. The van der Waals surface area contributed by atoms with Crippen molar-refractivity contribution < 1.29 is 9.84 Å². The standard InChI is InChI=1S/C39H74N2O2/c1-12-16-26-40(27-17-13-2)32(5)22-20-24-38(7,8)34-31-37(43-11)35(30-36(34)42)39(9,10)25-21-23-33(6)41(28-18-14-3)29-19-15-4/h30-33,42H,12-29H2,1-11H3. The fraction of sp³-hybridized carbons (Fsp3) is 0.846. The number of rotatable bonds is 25. The molecular weight excluding hydrogens is 528 g/mol. The summed E-state index contributed by atoms with van der Waals surface area (Å²) in [6.45, 7) is 28.0. The van der Waals surface area contributed by atoms with Gasteiger partial charge in [0.25, 0.3) is 0 Å². The number of methoxy groups -OCH3 is 1. The molecule has 0 heterocycles. The van der Waals surface area contributed by atoms with Crippen LogP contribution >= 0.6 is 0 Å². The van der Waals surface area contributed by atoms with Crippen molar-refractivity contribution in [3.05, 3.63) is 23.3 Å². The highest BCUT2D eigenvalue weighted by atomic mass is 16.5. The van der Waals surface area contributed by atoms with Gasteiger partial charge in [0.05, 0.1) is 7.11 Å². The van der Waals surface area contributed by atoms with Crippen LogP contribution in [0.3, 0.4) is 0 Å². The lowest BCUT2D eigenvalue weighted by atomic mass is 9.75. The molecule has 1 aromatic carbocycles. The van der Waals surface area contributed by atoms with Crippen molar-refractivity contribution in [3.8, 4) is 11.5 Å². The lowest BCUT2D eigenvalue weighted by Crippen LogP contribution is -2.35. The van der Waals surface area contributed by atoms with E-state index in [2.05, 4.69) is 85.1 Å². The predicted octanol–water partition coefficient (Wildman–Crippen LogP) is 10.9. The Balaban J connectivity index is 2.92. The largest absolute Gasteiger partial charge is 0.508 e. The van der Waals surface area contributed by atoms with E-state index in [0.717, 1.165) is 36.1 Å². The molecule has 0 aliphatic heterocycles. The van der Waals surface area contributed by atoms with Crippen molar-refractivity contribution in [1.82, 2.24) is 9.80 Å². The topological polar surface area (TPSA) is 35.9 Å². The Bertz CT molecular complexity index is 849. The van der Waals surface area contributed by atoms with Crippen LogP contribution in [0.1, 0.15) is 170 Å². The fourth-order valence-electron chi connectivity index (χ4n) is 6.67. The van der Waals surface area contributed by atoms with E-state index in [4.69, 9.17) is 4.74 Å². The first-order chi connectivity index (χ1) is 20.4. The molecule has 252 valence electrons. The van der Waals surface area contributed by atoms with Gasteiger partial charge in [-0.3, -0.25) is 0 Å². The number of phenols is 1. The second-order valence-corrected chi connectivity index (χ2v) is 14.8. The second kappa shape index (κ2) is 20.7. The Labute approximate surface area is 269 Å². The Morgan fingerprint density at radius 1 is 0.628 bits per heavy atom. The van der Waals surface area contributed by atoms with Gasteiger partial charge in [0.1, 0.15) is 11.5 Å². The first-order valence-electron chi connectivity index (χ1n) is 18.3. The van der Waals surface area contributed by atoms with E-state index in [-0.39, 0.29) is 10.8 Å². The third kappa shape index (κ3) is 13.7. The van der Waals surface area contributed by atoms with Crippen LogP contribution in [-0.2, 0) is 10.8 Å². The van der Waals surface area contributed by atoms with Gasteiger partial charge in [-0.25, -0.2) is 0 Å². The Kier molecular flexibility index (Phi) is 19.1. The van der Waals surface area contributed by atoms with Gasteiger partial charge in [-0.15, -0.1) is 0 Å². The number of unbranched alkanes of at least 4 members (excludes halogenated alkanes) is 4. The molecule has 4 nitrogen and oxygen atoms in total. The molecule has 0 fully saturated rings. The number of phenolic OH excluding ortho intramolecular Hbond substituents is 1. The summed E-state index contributed by atoms with van der Waals surface area (Å²) < 4.78 is 6.00. The number of hydrogen-bond acceptors (Lipinski definition) is 4. The molecule has 2 atom stereocenters. The number of ether oxygens (including phenoxy) is 1. The average Bonchev–Trinajstić information content (AvgIpc) is 2.96. The van der Waals surface area contributed by atoms with Crippen molar-refractivity contribution in [2.75, 3.05) is 33.3 Å². The summed E-state index contributed by atoms with van der Waals surface area (Å²) in [6, 6.07) is 5.38. The highest BCUT2D eigenvalue weighted by molar-refractivity contribution is 5.51. The number of hydrogen-bond donors (Lipinski definition) is 1. The normalized spacial score (nSPS) is 14.1. The van der Waals surface area contributed by atoms with E-state index >= 15 is 0 Å². The molecule has 1 N–H and O–H groups in total. The summed E-state index contributed by atoms with van der Waals surface area (Å²) in [5.74, 6) is 1.35. The van der Waals surface area contributed by atoms with Crippen LogP contribution in [0.15, 0.2) is 12.1 Å². The minimum Gasteiger partial charge on any atom is -0.508 e. The maximum Gasteiger partial charge on any atom is 0.123 e. The summed E-state index contributed by atoms with van der Waals surface area (Å²) in [5, 5.41) is 11.4. The molecule has 4 heteroatoms. The smallest absolute Gasteiger partial charge is 0.123 e. The van der Waals surface area contributed by atoms with Gasteiger partial charge in [0, 0.05) is 23.2 Å². The lowest BCUT2D eigenvalue weighted by Gasteiger charge is -2.33. The first kappa shape index (κ1) is 39.8. The molecule has 0 aromatic heterocycles. The molecule has 0 saturated carbocycles. The molecule has 0 amide bonds. The van der Waals surface area contributed by atoms with E-state index in [1.807, 2.05) is 6.07 Å². The van der Waals surface area contributed by atoms with Crippen LogP contribution in [0.25, 0.3) is 0 Å². The number of nitrogens with zero attached hydrogens (tertiary/aromatic N) is 2. The first-order valence-corrected chi connectivity index (χ1v) is 18.3. The van der Waals surface area contributed by atoms with Crippen molar-refractivity contribution in [2.24, 2.45) is 0 Å². The zero-order chi connectivity index (χ0) is 32.5. The van der Waals surface area contributed by atoms with Crippen LogP contribution in [0.2, 0.25) is 0 Å². The van der Waals surface area contributed by atoms with Crippen molar-refractivity contribution in [3.63, 3.8) is 0 Å². The van der Waals surface area contributed by atoms with Crippen molar-refractivity contribution in [2.45, 2.75) is 182 Å². The van der Waals surface area contributed by atoms with E-state index in [0.29, 0.717) is 17.8 Å². The quantitative estimate of drug-likeness (QED) is 0.121. The molecule has 2 unspecified atom stereocenters. The fourth-order valence-corrected chi connectivity index (χ4v) is 6.67. The van der Waals surface area contributed by atoms with Crippen molar-refractivity contribution >= 4 is 0 Å². The third-order valence-corrected chi connectivity index (χ3v) is 10.1. The van der Waals surface area contributed by atoms with Crippen LogP contribution in [0.5, 0.6) is 11.5 Å². The molecule has 0 aliphatic rings. The average molecular weight is 603 g/mol. The van der Waals surface area contributed by atoms with Crippen LogP contribution in [0, 0.1) is 0 Å².